The number of sulfone groups is 1. The highest BCUT2D eigenvalue weighted by molar-refractivity contribution is 7.92. The van der Waals surface area contributed by atoms with Gasteiger partial charge in [0.05, 0.1) is 68.1 Å². The lowest BCUT2D eigenvalue weighted by Gasteiger charge is -2.31. The number of carbonyl (C=O) groups excluding carboxylic acids is 12. The summed E-state index contributed by atoms with van der Waals surface area (Å²) in [5.74, 6) is -10.2. The summed E-state index contributed by atoms with van der Waals surface area (Å²) in [4.78, 5) is 159. The molecule has 0 aliphatic carbocycles. The maximum absolute atomic E-state index is 13.9. The van der Waals surface area contributed by atoms with Crippen molar-refractivity contribution < 1.29 is 116 Å². The molecule has 117 heavy (non-hydrogen) atoms. The van der Waals surface area contributed by atoms with Crippen LogP contribution < -0.4 is 40.8 Å². The van der Waals surface area contributed by atoms with E-state index in [-0.39, 0.29) is 140 Å². The molecule has 8 amide bonds. The van der Waals surface area contributed by atoms with E-state index in [0.29, 0.717) is 89.2 Å². The van der Waals surface area contributed by atoms with Crippen molar-refractivity contribution in [2.75, 3.05) is 98.0 Å². The van der Waals surface area contributed by atoms with Crippen molar-refractivity contribution in [3.8, 4) is 11.5 Å². The zero-order valence-electron chi connectivity index (χ0n) is 67.7. The van der Waals surface area contributed by atoms with Gasteiger partial charge in [0.15, 0.2) is 27.2 Å². The Bertz CT molecular complexity index is 4230. The second kappa shape index (κ2) is 47.1. The summed E-state index contributed by atoms with van der Waals surface area (Å²) in [6, 6.07) is 15.6. The number of ether oxygens (including phenoxy) is 6. The van der Waals surface area contributed by atoms with Crippen molar-refractivity contribution >= 4 is 90.3 Å². The van der Waals surface area contributed by atoms with Crippen molar-refractivity contribution in [2.24, 2.45) is 29.6 Å². The Hall–Kier alpha value is -9.55. The van der Waals surface area contributed by atoms with Crippen LogP contribution in [0.2, 0.25) is 0 Å². The van der Waals surface area contributed by atoms with Gasteiger partial charge in [-0.3, -0.25) is 52.7 Å². The molecular weight excluding hydrogens is 1570 g/mol. The third-order valence-electron chi connectivity index (χ3n) is 19.6. The van der Waals surface area contributed by atoms with E-state index < -0.39 is 133 Å². The fourth-order valence-electron chi connectivity index (χ4n) is 13.0. The largest absolute Gasteiger partial charge is 0.491 e. The van der Waals surface area contributed by atoms with Gasteiger partial charge in [-0.2, -0.15) is 13.2 Å². The summed E-state index contributed by atoms with van der Waals surface area (Å²) < 4.78 is 128. The molecule has 6 atom stereocenters. The Morgan fingerprint density at radius 1 is 0.462 bits per heavy atom. The van der Waals surface area contributed by atoms with Gasteiger partial charge in [-0.25, -0.2) is 26.4 Å². The van der Waals surface area contributed by atoms with Gasteiger partial charge >= 0.3 is 12.2 Å². The van der Waals surface area contributed by atoms with E-state index in [9.17, 15) is 87.5 Å². The number of nitrogens with zero attached hydrogens (tertiary/aromatic N) is 2. The molecule has 3 unspecified atom stereocenters. The highest BCUT2D eigenvalue weighted by Crippen LogP contribution is 2.30. The van der Waals surface area contributed by atoms with Gasteiger partial charge in [0.2, 0.25) is 23.6 Å². The summed E-state index contributed by atoms with van der Waals surface area (Å²) in [7, 11) is -8.44. The Morgan fingerprint density at radius 2 is 0.906 bits per heavy atom. The number of unbranched alkanes of at least 4 members (excludes halogenated alkanes) is 2. The molecular formula is C82H111F3N8O22S2. The number of nitrogens with one attached hydrogen (secondary N) is 6. The fraction of sp³-hybridized carbons (Fsp3) is 0.561. The minimum absolute atomic E-state index is 0.0573. The number of carbonyl (C=O) groups is 12. The molecule has 6 rings (SSSR count). The standard InChI is InChI=1S/C82H111F3N8O22S2/c1-52(2)66(79(103)92-38-13-18-67(92)78(102)89-72(54(5)6)74(98)82(83,84)85)50-69(96)57-20-26-60(27-21-57)76(100)91-117(108,109)65-34-30-63(31-35-65)115-49-47-113-45-43-111-41-37-87-81(105)86-36-12-10-11-16-61(95)17-15-40-110-42-44-112-46-48-114-62-28-32-64(33-29-62)116(106,107)51-70(97)58-22-24-59(25-23-58)75(99)90-73(55(7)8)80(104)93-39-14-19-68(93)77(101)88-71(53(3)4)56(9)94/h20-35,52-55,66-68,71-73H,10-19,36-51H2,1-9H3,(H,88,101)(H,89,102)(H,90,99)(H,91,100)(H2,86,87,105)/t66-,67?,68-,71?,72?,73-/m0/s1. The number of ketones is 5. The molecule has 0 spiro atoms. The smallest absolute Gasteiger partial charge is 0.452 e. The van der Waals surface area contributed by atoms with E-state index >= 15 is 0 Å². The van der Waals surface area contributed by atoms with Crippen molar-refractivity contribution in [3.63, 3.8) is 0 Å². The van der Waals surface area contributed by atoms with Crippen LogP contribution in [-0.4, -0.2) is 231 Å². The maximum Gasteiger partial charge on any atom is 0.452 e. The summed E-state index contributed by atoms with van der Waals surface area (Å²) in [6.07, 6.45) is -0.542. The Morgan fingerprint density at radius 3 is 1.41 bits per heavy atom. The molecule has 2 saturated heterocycles. The van der Waals surface area contributed by atoms with Gasteiger partial charge in [0, 0.05) is 80.2 Å². The number of hydrogen-bond acceptors (Lipinski definition) is 22. The van der Waals surface area contributed by atoms with Gasteiger partial charge in [-0.05, 0) is 148 Å². The molecule has 0 bridgehead atoms. The number of benzene rings is 4. The van der Waals surface area contributed by atoms with Crippen molar-refractivity contribution in [3.05, 3.63) is 119 Å². The fourth-order valence-corrected chi connectivity index (χ4v) is 15.2. The average molecular weight is 1680 g/mol. The van der Waals surface area contributed by atoms with Crippen LogP contribution in [0.15, 0.2) is 107 Å². The molecule has 2 aliphatic rings. The topological polar surface area (TPSA) is 407 Å². The molecule has 4 aromatic carbocycles. The van der Waals surface area contributed by atoms with E-state index in [1.165, 1.54) is 128 Å². The third kappa shape index (κ3) is 31.0. The highest BCUT2D eigenvalue weighted by atomic mass is 32.2. The monoisotopic (exact) mass is 1680 g/mol. The molecule has 0 radical (unpaired) electrons. The van der Waals surface area contributed by atoms with Crippen LogP contribution >= 0.6 is 0 Å². The molecule has 35 heteroatoms. The van der Waals surface area contributed by atoms with Crippen LogP contribution in [0.1, 0.15) is 174 Å². The third-order valence-corrected chi connectivity index (χ3v) is 22.6. The normalized spacial score (nSPS) is 15.5. The number of urea groups is 1. The Labute approximate surface area is 681 Å². The first-order valence-electron chi connectivity index (χ1n) is 39.4. The summed E-state index contributed by atoms with van der Waals surface area (Å²) in [5, 5.41) is 13.2. The Balaban J connectivity index is 0.726. The van der Waals surface area contributed by atoms with Crippen LogP contribution in [0, 0.1) is 29.6 Å². The first-order chi connectivity index (χ1) is 55.4. The van der Waals surface area contributed by atoms with Crippen molar-refractivity contribution in [2.45, 2.75) is 179 Å². The summed E-state index contributed by atoms with van der Waals surface area (Å²) >= 11 is 0. The summed E-state index contributed by atoms with van der Waals surface area (Å²) in [6.45, 7) is 18.1. The molecule has 2 aliphatic heterocycles. The second-order valence-electron chi connectivity index (χ2n) is 30.0. The SMILES string of the molecule is CC(=O)C(NC(=O)[C@@H]1CCCN1C(=O)[C@@H](NC(=O)c1ccc(C(=O)CS(=O)(=O)c2ccc(OCCOCCOCCCC(=O)CCCCCNC(=O)NCCOCCOCCOc3ccc(S(=O)(=O)NC(=O)c4ccc(C(=O)C[C@H](C(=O)N5CCCC5C(=O)NC(C(=O)C(F)(F)F)C(C)C)C(C)C)cc4)cc3)cc2)cc1)C(C)C)C(C)C. The molecule has 644 valence electrons. The molecule has 2 heterocycles. The minimum Gasteiger partial charge on any atom is -0.491 e. The number of likely N-dealkylation sites (tertiary alicyclic amines) is 2. The van der Waals surface area contributed by atoms with Gasteiger partial charge in [0.25, 0.3) is 27.6 Å². The van der Waals surface area contributed by atoms with Crippen LogP contribution in [0.25, 0.3) is 0 Å². The van der Waals surface area contributed by atoms with E-state index in [0.717, 1.165) is 6.42 Å². The zero-order valence-corrected chi connectivity index (χ0v) is 69.4. The van der Waals surface area contributed by atoms with E-state index in [1.54, 1.807) is 27.7 Å². The predicted molar refractivity (Wildman–Crippen MR) is 423 cm³/mol. The molecule has 0 aromatic heterocycles. The van der Waals surface area contributed by atoms with Gasteiger partial charge in [-0.15, -0.1) is 0 Å². The van der Waals surface area contributed by atoms with E-state index in [4.69, 9.17) is 28.4 Å². The van der Waals surface area contributed by atoms with Crippen LogP contribution in [0.5, 0.6) is 11.5 Å². The number of hydrogen-bond donors (Lipinski definition) is 6. The van der Waals surface area contributed by atoms with Gasteiger partial charge in [-0.1, -0.05) is 86.1 Å². The number of halogens is 3. The van der Waals surface area contributed by atoms with Crippen LogP contribution in [0.4, 0.5) is 18.0 Å². The van der Waals surface area contributed by atoms with Gasteiger partial charge in [0.1, 0.15) is 54.4 Å². The molecule has 0 saturated carbocycles. The summed E-state index contributed by atoms with van der Waals surface area (Å²) in [5.41, 5.74) is 0.198. The zero-order chi connectivity index (χ0) is 86.2. The Kier molecular flexibility index (Phi) is 38.8. The number of Topliss-reactive ketones (excluding diaryl/α,β-unsaturated/α-hetero) is 5. The number of amides is 8. The molecule has 2 fully saturated rings. The lowest BCUT2D eigenvalue weighted by atomic mass is 9.87. The minimum atomic E-state index is -5.18. The average Bonchev–Trinajstić information content (AvgIpc) is 1.81. The van der Waals surface area contributed by atoms with Crippen molar-refractivity contribution in [1.29, 1.82) is 0 Å². The second-order valence-corrected chi connectivity index (χ2v) is 33.7. The van der Waals surface area contributed by atoms with Crippen LogP contribution in [0.3, 0.4) is 0 Å². The maximum atomic E-state index is 13.9. The number of rotatable bonds is 51. The first-order valence-corrected chi connectivity index (χ1v) is 42.5. The molecule has 6 N–H and O–H groups in total. The first kappa shape index (κ1) is 96.3. The quantitative estimate of drug-likeness (QED) is 0.0181. The van der Waals surface area contributed by atoms with Gasteiger partial charge < -0.3 is 64.8 Å². The number of alkyl halides is 3. The predicted octanol–water partition coefficient (Wildman–Crippen LogP) is 7.78. The van der Waals surface area contributed by atoms with Crippen molar-refractivity contribution in [1.82, 2.24) is 41.1 Å². The lowest BCUT2D eigenvalue weighted by molar-refractivity contribution is -0.175. The van der Waals surface area contributed by atoms with Crippen LogP contribution in [-0.2, 0) is 72.4 Å². The number of sulfonamides is 1. The van der Waals surface area contributed by atoms with E-state index in [2.05, 4.69) is 26.6 Å². The molecule has 4 aromatic rings. The lowest BCUT2D eigenvalue weighted by Crippen LogP contribution is -2.57. The van der Waals surface area contributed by atoms with E-state index in [1.807, 2.05) is 18.6 Å². The molecule has 30 nitrogen and oxygen atoms in total. The highest BCUT2D eigenvalue weighted by Gasteiger charge is 2.47.